The second-order valence-electron chi connectivity index (χ2n) is 4.69. The molecule has 1 aromatic carbocycles. The number of fused-ring (bicyclic) bond motifs is 1. The molecule has 0 unspecified atom stereocenters. The molecule has 0 bridgehead atoms. The molecule has 1 heterocycles. The van der Waals surface area contributed by atoms with E-state index in [1.807, 2.05) is 7.05 Å². The lowest BCUT2D eigenvalue weighted by Gasteiger charge is -2.25. The maximum absolute atomic E-state index is 3.53. The van der Waals surface area contributed by atoms with E-state index in [2.05, 4.69) is 65.2 Å². The Morgan fingerprint density at radius 2 is 2.00 bits per heavy atom. The summed E-state index contributed by atoms with van der Waals surface area (Å²) in [5.74, 6) is 0. The Morgan fingerprint density at radius 3 is 2.62 bits per heavy atom. The number of hydrogen-bond donors (Lipinski definition) is 2. The van der Waals surface area contributed by atoms with Crippen molar-refractivity contribution in [2.75, 3.05) is 7.05 Å². The van der Waals surface area contributed by atoms with Crippen molar-refractivity contribution in [3.63, 3.8) is 0 Å². The average molecular weight is 281 g/mol. The van der Waals surface area contributed by atoms with Crippen LogP contribution in [0.4, 0.5) is 0 Å². The quantitative estimate of drug-likeness (QED) is 0.863. The van der Waals surface area contributed by atoms with E-state index in [-0.39, 0.29) is 5.54 Å². The van der Waals surface area contributed by atoms with Crippen LogP contribution in [0.15, 0.2) is 22.7 Å². The Labute approximate surface area is 105 Å². The van der Waals surface area contributed by atoms with E-state index < -0.39 is 0 Å². The minimum absolute atomic E-state index is 0.0247. The summed E-state index contributed by atoms with van der Waals surface area (Å²) in [7, 11) is 2.00. The molecular weight excluding hydrogens is 264 g/mol. The van der Waals surface area contributed by atoms with Crippen LogP contribution in [-0.4, -0.2) is 12.0 Å². The van der Waals surface area contributed by atoms with Crippen molar-refractivity contribution in [3.05, 3.63) is 33.9 Å². The topological polar surface area (TPSA) is 27.8 Å². The zero-order chi connectivity index (χ0) is 11.9. The van der Waals surface area contributed by atoms with Crippen molar-refractivity contribution in [1.82, 2.24) is 10.3 Å². The molecule has 16 heavy (non-hydrogen) atoms. The van der Waals surface area contributed by atoms with Gasteiger partial charge in [0.15, 0.2) is 0 Å². The van der Waals surface area contributed by atoms with Crippen LogP contribution in [0.3, 0.4) is 0 Å². The molecule has 0 radical (unpaired) electrons. The summed E-state index contributed by atoms with van der Waals surface area (Å²) in [6.45, 7) is 6.52. The van der Waals surface area contributed by atoms with E-state index in [1.54, 1.807) is 0 Å². The zero-order valence-electron chi connectivity index (χ0n) is 10.1. The molecule has 0 saturated heterocycles. The lowest BCUT2D eigenvalue weighted by molar-refractivity contribution is 0.446. The van der Waals surface area contributed by atoms with Crippen molar-refractivity contribution in [2.24, 2.45) is 0 Å². The second kappa shape index (κ2) is 3.90. The monoisotopic (exact) mass is 280 g/mol. The van der Waals surface area contributed by atoms with Crippen molar-refractivity contribution in [3.8, 4) is 0 Å². The molecule has 2 rings (SSSR count). The molecule has 0 aliphatic carbocycles. The minimum Gasteiger partial charge on any atom is -0.358 e. The Balaban J connectivity index is 2.77. The fourth-order valence-corrected chi connectivity index (χ4v) is 2.59. The Kier molecular flexibility index (Phi) is 2.84. The molecule has 1 aromatic heterocycles. The van der Waals surface area contributed by atoms with Gasteiger partial charge in [-0.2, -0.15) is 0 Å². The highest BCUT2D eigenvalue weighted by molar-refractivity contribution is 9.10. The first-order chi connectivity index (χ1) is 7.45. The van der Waals surface area contributed by atoms with E-state index in [0.717, 1.165) is 4.47 Å². The molecule has 3 heteroatoms. The van der Waals surface area contributed by atoms with Crippen LogP contribution in [0.25, 0.3) is 10.9 Å². The summed E-state index contributed by atoms with van der Waals surface area (Å²) in [6.07, 6.45) is 0. The summed E-state index contributed by atoms with van der Waals surface area (Å²) >= 11 is 3.53. The number of nitrogens with one attached hydrogen (secondary N) is 2. The van der Waals surface area contributed by atoms with E-state index >= 15 is 0 Å². The maximum Gasteiger partial charge on any atom is 0.0460 e. The van der Waals surface area contributed by atoms with Crippen LogP contribution in [0, 0.1) is 6.92 Å². The van der Waals surface area contributed by atoms with Gasteiger partial charge in [0.2, 0.25) is 0 Å². The average Bonchev–Trinajstić information content (AvgIpc) is 2.54. The molecule has 0 fully saturated rings. The van der Waals surface area contributed by atoms with Crippen molar-refractivity contribution in [1.29, 1.82) is 0 Å². The van der Waals surface area contributed by atoms with Crippen LogP contribution < -0.4 is 5.32 Å². The molecule has 2 nitrogen and oxygen atoms in total. The Hall–Kier alpha value is -0.800. The first kappa shape index (κ1) is 11.7. The lowest BCUT2D eigenvalue weighted by Crippen LogP contribution is -2.33. The van der Waals surface area contributed by atoms with Gasteiger partial charge in [-0.1, -0.05) is 15.9 Å². The third kappa shape index (κ3) is 1.78. The smallest absolute Gasteiger partial charge is 0.0460 e. The van der Waals surface area contributed by atoms with Gasteiger partial charge in [0, 0.05) is 26.6 Å². The molecule has 0 aliphatic heterocycles. The molecule has 2 aromatic rings. The number of rotatable bonds is 2. The summed E-state index contributed by atoms with van der Waals surface area (Å²) in [4.78, 5) is 3.43. The maximum atomic E-state index is 3.53. The minimum atomic E-state index is -0.0247. The number of aryl methyl sites for hydroxylation is 1. The molecular formula is C13H17BrN2. The second-order valence-corrected chi connectivity index (χ2v) is 5.61. The van der Waals surface area contributed by atoms with Gasteiger partial charge in [-0.15, -0.1) is 0 Å². The van der Waals surface area contributed by atoms with Gasteiger partial charge in [-0.25, -0.2) is 0 Å². The van der Waals surface area contributed by atoms with Gasteiger partial charge in [-0.3, -0.25) is 0 Å². The standard InChI is InChI=1S/C13H17BrN2/c1-8-12(13(2,3)15-4)10-7-9(14)5-6-11(10)16-8/h5-7,15-16H,1-4H3. The van der Waals surface area contributed by atoms with Gasteiger partial charge in [-0.05, 0) is 51.6 Å². The zero-order valence-corrected chi connectivity index (χ0v) is 11.7. The Bertz CT molecular complexity index is 526. The van der Waals surface area contributed by atoms with Crippen LogP contribution >= 0.6 is 15.9 Å². The number of aromatic nitrogens is 1. The summed E-state index contributed by atoms with van der Waals surface area (Å²) in [5.41, 5.74) is 3.74. The number of hydrogen-bond acceptors (Lipinski definition) is 1. The summed E-state index contributed by atoms with van der Waals surface area (Å²) in [5, 5.41) is 4.64. The number of H-pyrrole nitrogens is 1. The molecule has 0 amide bonds. The van der Waals surface area contributed by atoms with Crippen molar-refractivity contribution in [2.45, 2.75) is 26.3 Å². The fourth-order valence-electron chi connectivity index (χ4n) is 2.23. The van der Waals surface area contributed by atoms with Gasteiger partial charge >= 0.3 is 0 Å². The highest BCUT2D eigenvalue weighted by atomic mass is 79.9. The lowest BCUT2D eigenvalue weighted by atomic mass is 9.92. The SMILES string of the molecule is CNC(C)(C)c1c(C)[nH]c2ccc(Br)cc12. The van der Waals surface area contributed by atoms with Gasteiger partial charge in [0.1, 0.15) is 0 Å². The highest BCUT2D eigenvalue weighted by Crippen LogP contribution is 2.32. The molecule has 0 spiro atoms. The van der Waals surface area contributed by atoms with Gasteiger partial charge < -0.3 is 10.3 Å². The first-order valence-electron chi connectivity index (χ1n) is 5.43. The number of aromatic amines is 1. The highest BCUT2D eigenvalue weighted by Gasteiger charge is 2.24. The fraction of sp³-hybridized carbons (Fsp3) is 0.385. The first-order valence-corrected chi connectivity index (χ1v) is 6.22. The van der Waals surface area contributed by atoms with E-state index in [9.17, 15) is 0 Å². The summed E-state index contributed by atoms with van der Waals surface area (Å²) in [6, 6.07) is 6.35. The van der Waals surface area contributed by atoms with Crippen LogP contribution in [0.1, 0.15) is 25.1 Å². The molecule has 0 saturated carbocycles. The number of halogens is 1. The third-order valence-electron chi connectivity index (χ3n) is 3.20. The molecule has 86 valence electrons. The van der Waals surface area contributed by atoms with Crippen molar-refractivity contribution >= 4 is 26.8 Å². The predicted octanol–water partition coefficient (Wildman–Crippen LogP) is 3.69. The van der Waals surface area contributed by atoms with E-state index in [4.69, 9.17) is 0 Å². The third-order valence-corrected chi connectivity index (χ3v) is 3.69. The van der Waals surface area contributed by atoms with Gasteiger partial charge in [0.25, 0.3) is 0 Å². The molecule has 0 atom stereocenters. The predicted molar refractivity (Wildman–Crippen MR) is 72.8 cm³/mol. The Morgan fingerprint density at radius 1 is 1.31 bits per heavy atom. The van der Waals surface area contributed by atoms with E-state index in [1.165, 1.54) is 22.2 Å². The summed E-state index contributed by atoms with van der Waals surface area (Å²) < 4.78 is 1.12. The van der Waals surface area contributed by atoms with E-state index in [0.29, 0.717) is 0 Å². The largest absolute Gasteiger partial charge is 0.358 e. The normalized spacial score (nSPS) is 12.3. The molecule has 0 aliphatic rings. The van der Waals surface area contributed by atoms with Crippen LogP contribution in [-0.2, 0) is 5.54 Å². The molecule has 2 N–H and O–H groups in total. The van der Waals surface area contributed by atoms with Crippen LogP contribution in [0.5, 0.6) is 0 Å². The number of benzene rings is 1. The van der Waals surface area contributed by atoms with Crippen molar-refractivity contribution < 1.29 is 0 Å². The van der Waals surface area contributed by atoms with Crippen LogP contribution in [0.2, 0.25) is 0 Å². The van der Waals surface area contributed by atoms with Gasteiger partial charge in [0.05, 0.1) is 0 Å².